The lowest BCUT2D eigenvalue weighted by atomic mass is 10.1. The molecule has 0 bridgehead atoms. The van der Waals surface area contributed by atoms with Crippen LogP contribution in [0.3, 0.4) is 0 Å². The van der Waals surface area contributed by atoms with Gasteiger partial charge in [-0.2, -0.15) is 4.72 Å². The van der Waals surface area contributed by atoms with Crippen LogP contribution in [0.5, 0.6) is 5.75 Å². The number of hydrogen-bond acceptors (Lipinski definition) is 8. The van der Waals surface area contributed by atoms with Crippen molar-refractivity contribution < 1.29 is 27.5 Å². The molecular formula is C28H36ClN5O6S2. The summed E-state index contributed by atoms with van der Waals surface area (Å²) in [6.45, 7) is 2.76. The lowest BCUT2D eigenvalue weighted by Gasteiger charge is -2.29. The van der Waals surface area contributed by atoms with E-state index in [1.54, 1.807) is 34.1 Å². The number of carbonyl (C=O) groups excluding carboxylic acids is 3. The largest absolute Gasteiger partial charge is 0.493 e. The van der Waals surface area contributed by atoms with Crippen LogP contribution in [0, 0.1) is 0 Å². The number of para-hydroxylation sites is 1. The van der Waals surface area contributed by atoms with E-state index in [-0.39, 0.29) is 23.1 Å². The van der Waals surface area contributed by atoms with Gasteiger partial charge in [0.05, 0.1) is 22.0 Å². The molecule has 1 aromatic carbocycles. The van der Waals surface area contributed by atoms with Crippen LogP contribution in [0.2, 0.25) is 4.34 Å². The molecule has 228 valence electrons. The number of piperidine rings is 1. The zero-order valence-corrected chi connectivity index (χ0v) is 25.9. The van der Waals surface area contributed by atoms with Crippen molar-refractivity contribution in [2.24, 2.45) is 0 Å². The van der Waals surface area contributed by atoms with Crippen molar-refractivity contribution >= 4 is 56.4 Å². The lowest BCUT2D eigenvalue weighted by molar-refractivity contribution is -0.132. The first-order valence-corrected chi connectivity index (χ1v) is 16.9. The number of anilines is 1. The summed E-state index contributed by atoms with van der Waals surface area (Å²) in [5.41, 5.74) is 0.364. The first-order valence-electron chi connectivity index (χ1n) is 14.2. The molecule has 2 aliphatic heterocycles. The second-order valence-corrected chi connectivity index (χ2v) is 14.1. The molecule has 11 nitrogen and oxygen atoms in total. The van der Waals surface area contributed by atoms with Crippen molar-refractivity contribution in [3.63, 3.8) is 0 Å². The van der Waals surface area contributed by atoms with Crippen molar-refractivity contribution in [3.05, 3.63) is 39.5 Å². The molecule has 3 fully saturated rings. The number of methoxy groups -OCH3 is 1. The molecule has 1 saturated carbocycles. The molecule has 1 aliphatic carbocycles. The first kappa shape index (κ1) is 30.7. The van der Waals surface area contributed by atoms with Gasteiger partial charge in [0.1, 0.15) is 10.9 Å². The zero-order valence-electron chi connectivity index (χ0n) is 23.5. The van der Waals surface area contributed by atoms with E-state index in [9.17, 15) is 22.8 Å². The van der Waals surface area contributed by atoms with Gasteiger partial charge in [-0.1, -0.05) is 17.7 Å². The van der Waals surface area contributed by atoms with Crippen LogP contribution in [0.4, 0.5) is 5.69 Å². The highest BCUT2D eigenvalue weighted by atomic mass is 35.5. The molecule has 0 radical (unpaired) electrons. The van der Waals surface area contributed by atoms with Crippen LogP contribution in [-0.4, -0.2) is 94.4 Å². The molecule has 42 heavy (non-hydrogen) atoms. The van der Waals surface area contributed by atoms with Gasteiger partial charge >= 0.3 is 0 Å². The Kier molecular flexibility index (Phi) is 9.73. The number of hydrogen-bond donors (Lipinski definition) is 2. The fourth-order valence-corrected chi connectivity index (χ4v) is 7.86. The summed E-state index contributed by atoms with van der Waals surface area (Å²) in [5, 5.41) is 2.70. The van der Waals surface area contributed by atoms with Gasteiger partial charge in [-0.05, 0) is 56.4 Å². The normalized spacial score (nSPS) is 19.3. The van der Waals surface area contributed by atoms with Crippen LogP contribution in [0.15, 0.2) is 35.2 Å². The monoisotopic (exact) mass is 637 g/mol. The maximum absolute atomic E-state index is 13.9. The number of rotatable bonds is 10. The van der Waals surface area contributed by atoms with Crippen LogP contribution in [0.1, 0.15) is 48.2 Å². The predicted octanol–water partition coefficient (Wildman–Crippen LogP) is 2.70. The lowest BCUT2D eigenvalue weighted by Crippen LogP contribution is -2.54. The van der Waals surface area contributed by atoms with Crippen molar-refractivity contribution in [1.82, 2.24) is 19.8 Å². The highest BCUT2D eigenvalue weighted by Gasteiger charge is 2.35. The highest BCUT2D eigenvalue weighted by Crippen LogP contribution is 2.36. The third-order valence-corrected chi connectivity index (χ3v) is 10.6. The Balaban J connectivity index is 1.39. The molecule has 3 aliphatic rings. The quantitative estimate of drug-likeness (QED) is 0.410. The van der Waals surface area contributed by atoms with Crippen molar-refractivity contribution in [2.45, 2.75) is 55.5 Å². The molecule has 1 aromatic heterocycles. The second kappa shape index (κ2) is 13.3. The van der Waals surface area contributed by atoms with E-state index < -0.39 is 27.9 Å². The van der Waals surface area contributed by atoms with Gasteiger partial charge < -0.3 is 19.9 Å². The summed E-state index contributed by atoms with van der Waals surface area (Å²) in [6.07, 6.45) is 5.06. The van der Waals surface area contributed by atoms with Gasteiger partial charge in [0, 0.05) is 51.7 Å². The number of benzene rings is 1. The Morgan fingerprint density at radius 3 is 2.57 bits per heavy atom. The minimum absolute atomic E-state index is 0.0264. The van der Waals surface area contributed by atoms with E-state index in [1.165, 1.54) is 26.0 Å². The Hall–Kier alpha value is -2.71. The molecule has 2 N–H and O–H groups in total. The maximum atomic E-state index is 13.9. The third kappa shape index (κ3) is 7.08. The second-order valence-electron chi connectivity index (χ2n) is 10.7. The Bertz CT molecular complexity index is 1430. The zero-order chi connectivity index (χ0) is 29.9. The van der Waals surface area contributed by atoms with Gasteiger partial charge in [-0.3, -0.25) is 19.3 Å². The van der Waals surface area contributed by atoms with E-state index in [1.807, 2.05) is 0 Å². The average Bonchev–Trinajstić information content (AvgIpc) is 3.77. The number of nitrogens with zero attached hydrogens (tertiary/aromatic N) is 3. The Labute approximate surface area is 255 Å². The van der Waals surface area contributed by atoms with Crippen LogP contribution >= 0.6 is 22.9 Å². The molecule has 5 rings (SSSR count). The summed E-state index contributed by atoms with van der Waals surface area (Å²) < 4.78 is 36.3. The maximum Gasteiger partial charge on any atom is 0.261 e. The van der Waals surface area contributed by atoms with Gasteiger partial charge in [-0.25, -0.2) is 8.42 Å². The fraction of sp³-hybridized carbons (Fsp3) is 0.536. The average molecular weight is 638 g/mol. The van der Waals surface area contributed by atoms with Gasteiger partial charge in [0.25, 0.3) is 5.91 Å². The fourth-order valence-electron chi connectivity index (χ4n) is 5.53. The molecular weight excluding hydrogens is 602 g/mol. The SMILES string of the molecule is COc1c(N2CCCCC2=O)cccc1S(=O)(=O)N[C@@H](CNC(=O)c1ccc(Cl)s1)C(=O)N1CCCN(C2CC2)CC1. The minimum atomic E-state index is -4.34. The Morgan fingerprint density at radius 1 is 1.07 bits per heavy atom. The summed E-state index contributed by atoms with van der Waals surface area (Å²) in [6, 6.07) is 7.05. The van der Waals surface area contributed by atoms with Crippen LogP contribution < -0.4 is 19.7 Å². The molecule has 2 aromatic rings. The van der Waals surface area contributed by atoms with Crippen LogP contribution in [0.25, 0.3) is 0 Å². The van der Waals surface area contributed by atoms with E-state index in [0.717, 1.165) is 43.7 Å². The molecule has 0 spiro atoms. The molecule has 0 unspecified atom stereocenters. The standard InChI is InChI=1S/C28H36ClN5O6S2/c1-40-26-21(34-15-3-2-8-25(34)35)6-4-7-23(26)42(38,39)31-20(18-30-27(36)22-11-12-24(29)41-22)28(37)33-14-5-13-32(16-17-33)19-9-10-19/h4,6-7,11-12,19-20,31H,2-3,5,8-10,13-18H2,1H3,(H,30,36)/t20-/m0/s1. The minimum Gasteiger partial charge on any atom is -0.493 e. The summed E-state index contributed by atoms with van der Waals surface area (Å²) >= 11 is 7.07. The molecule has 2 saturated heterocycles. The third-order valence-electron chi connectivity index (χ3n) is 7.83. The predicted molar refractivity (Wildman–Crippen MR) is 161 cm³/mol. The van der Waals surface area contributed by atoms with Gasteiger partial charge in [-0.15, -0.1) is 11.3 Å². The number of carbonyl (C=O) groups is 3. The van der Waals surface area contributed by atoms with Crippen LogP contribution in [-0.2, 0) is 19.6 Å². The summed E-state index contributed by atoms with van der Waals surface area (Å²) in [5.74, 6) is -0.948. The van der Waals surface area contributed by atoms with Crippen molar-refractivity contribution in [1.29, 1.82) is 0 Å². The van der Waals surface area contributed by atoms with E-state index >= 15 is 0 Å². The smallest absolute Gasteiger partial charge is 0.261 e. The number of ether oxygens (including phenoxy) is 1. The Morgan fingerprint density at radius 2 is 1.88 bits per heavy atom. The number of thiophene rings is 1. The molecule has 3 heterocycles. The van der Waals surface area contributed by atoms with Gasteiger partial charge in [0.15, 0.2) is 5.75 Å². The van der Waals surface area contributed by atoms with E-state index in [0.29, 0.717) is 47.0 Å². The first-order chi connectivity index (χ1) is 20.2. The van der Waals surface area contributed by atoms with E-state index in [2.05, 4.69) is 14.9 Å². The topological polar surface area (TPSA) is 128 Å². The molecule has 3 amide bonds. The van der Waals surface area contributed by atoms with E-state index in [4.69, 9.17) is 16.3 Å². The number of halogens is 1. The number of sulfonamides is 1. The number of amides is 3. The van der Waals surface area contributed by atoms with Crippen molar-refractivity contribution in [3.8, 4) is 5.75 Å². The van der Waals surface area contributed by atoms with Gasteiger partial charge in [0.2, 0.25) is 21.8 Å². The summed E-state index contributed by atoms with van der Waals surface area (Å²) in [4.78, 5) is 45.0. The highest BCUT2D eigenvalue weighted by molar-refractivity contribution is 7.89. The van der Waals surface area contributed by atoms with Crippen molar-refractivity contribution in [2.75, 3.05) is 51.3 Å². The molecule has 14 heteroatoms. The number of nitrogens with one attached hydrogen (secondary N) is 2. The molecule has 1 atom stereocenters. The summed E-state index contributed by atoms with van der Waals surface area (Å²) in [7, 11) is -2.99.